The van der Waals surface area contributed by atoms with Crippen molar-refractivity contribution in [2.45, 2.75) is 51.2 Å². The maximum atomic E-state index is 4.54. The molecule has 2 rings (SSSR count). The van der Waals surface area contributed by atoms with Gasteiger partial charge in [-0.05, 0) is 45.7 Å². The zero-order valence-corrected chi connectivity index (χ0v) is 11.7. The fraction of sp³-hybridized carbons (Fsp3) is 0.692. The third-order valence-corrected chi connectivity index (χ3v) is 4.45. The Labute approximate surface area is 108 Å². The molecule has 4 heteroatoms. The van der Waals surface area contributed by atoms with Crippen LogP contribution in [0.15, 0.2) is 5.16 Å². The van der Waals surface area contributed by atoms with Crippen LogP contribution >= 0.6 is 11.8 Å². The first-order valence-electron chi connectivity index (χ1n) is 6.35. The van der Waals surface area contributed by atoms with Gasteiger partial charge in [-0.25, -0.2) is 9.97 Å². The van der Waals surface area contributed by atoms with Crippen LogP contribution in [0.25, 0.3) is 0 Å². The number of aromatic nitrogens is 2. The molecule has 3 nitrogen and oxygen atoms in total. The molecule has 0 radical (unpaired) electrons. The van der Waals surface area contributed by atoms with Gasteiger partial charge >= 0.3 is 0 Å². The second-order valence-electron chi connectivity index (χ2n) is 4.76. The number of nitrogens with one attached hydrogen (secondary N) is 1. The molecule has 1 aliphatic rings. The first-order chi connectivity index (χ1) is 8.16. The molecule has 0 bridgehead atoms. The van der Waals surface area contributed by atoms with Crippen molar-refractivity contribution in [2.75, 3.05) is 12.3 Å². The fourth-order valence-corrected chi connectivity index (χ4v) is 3.09. The van der Waals surface area contributed by atoms with Gasteiger partial charge in [0.25, 0.3) is 0 Å². The zero-order valence-electron chi connectivity index (χ0n) is 10.9. The molecule has 0 saturated carbocycles. The van der Waals surface area contributed by atoms with E-state index in [0.717, 1.165) is 28.8 Å². The summed E-state index contributed by atoms with van der Waals surface area (Å²) < 4.78 is 0. The van der Waals surface area contributed by atoms with Crippen LogP contribution in [0.5, 0.6) is 0 Å². The lowest BCUT2D eigenvalue weighted by Gasteiger charge is -2.22. The summed E-state index contributed by atoms with van der Waals surface area (Å²) in [6, 6.07) is 0.638. The van der Waals surface area contributed by atoms with Gasteiger partial charge in [0.05, 0.1) is 0 Å². The summed E-state index contributed by atoms with van der Waals surface area (Å²) >= 11 is 1.78. The average Bonchev–Trinajstić information content (AvgIpc) is 2.34. The SMILES string of the molecule is Cc1nc(SCC2CCCCN2)nc(C)c1C. The highest BCUT2D eigenvalue weighted by Gasteiger charge is 2.14. The van der Waals surface area contributed by atoms with Crippen LogP contribution in [0.3, 0.4) is 0 Å². The number of hydrogen-bond donors (Lipinski definition) is 1. The summed E-state index contributed by atoms with van der Waals surface area (Å²) in [5.41, 5.74) is 3.43. The second kappa shape index (κ2) is 5.83. The van der Waals surface area contributed by atoms with E-state index in [9.17, 15) is 0 Å². The molecule has 0 spiro atoms. The molecule has 1 atom stereocenters. The first kappa shape index (κ1) is 12.8. The molecule has 94 valence electrons. The molecule has 0 aromatic carbocycles. The fourth-order valence-electron chi connectivity index (χ4n) is 2.05. The zero-order chi connectivity index (χ0) is 12.3. The predicted molar refractivity (Wildman–Crippen MR) is 72.6 cm³/mol. The Kier molecular flexibility index (Phi) is 4.40. The minimum Gasteiger partial charge on any atom is -0.313 e. The Morgan fingerprint density at radius 1 is 1.18 bits per heavy atom. The van der Waals surface area contributed by atoms with Gasteiger partial charge in [-0.1, -0.05) is 18.2 Å². The standard InChI is InChI=1S/C13H21N3S/c1-9-10(2)15-13(16-11(9)3)17-8-12-6-4-5-7-14-12/h12,14H,4-8H2,1-3H3. The number of nitrogens with zero attached hydrogens (tertiary/aromatic N) is 2. The molecule has 1 aromatic heterocycles. The highest BCUT2D eigenvalue weighted by molar-refractivity contribution is 7.99. The molecule has 1 aromatic rings. The van der Waals surface area contributed by atoms with Crippen molar-refractivity contribution in [3.8, 4) is 0 Å². The van der Waals surface area contributed by atoms with E-state index < -0.39 is 0 Å². The average molecular weight is 251 g/mol. The van der Waals surface area contributed by atoms with E-state index in [1.54, 1.807) is 11.8 Å². The Morgan fingerprint density at radius 3 is 2.47 bits per heavy atom. The van der Waals surface area contributed by atoms with E-state index in [4.69, 9.17) is 0 Å². The monoisotopic (exact) mass is 251 g/mol. The van der Waals surface area contributed by atoms with Crippen molar-refractivity contribution in [2.24, 2.45) is 0 Å². The van der Waals surface area contributed by atoms with Gasteiger partial charge in [-0.3, -0.25) is 0 Å². The van der Waals surface area contributed by atoms with Gasteiger partial charge in [0.1, 0.15) is 0 Å². The van der Waals surface area contributed by atoms with Crippen molar-refractivity contribution >= 4 is 11.8 Å². The number of rotatable bonds is 3. The van der Waals surface area contributed by atoms with Crippen LogP contribution in [0.2, 0.25) is 0 Å². The Balaban J connectivity index is 1.94. The number of thioether (sulfide) groups is 1. The number of piperidine rings is 1. The molecule has 2 heterocycles. The molecule has 1 fully saturated rings. The van der Waals surface area contributed by atoms with Gasteiger partial charge in [-0.15, -0.1) is 0 Å². The van der Waals surface area contributed by atoms with Crippen LogP contribution in [0.1, 0.15) is 36.2 Å². The highest BCUT2D eigenvalue weighted by atomic mass is 32.2. The summed E-state index contributed by atoms with van der Waals surface area (Å²) in [7, 11) is 0. The van der Waals surface area contributed by atoms with Crippen LogP contribution < -0.4 is 5.32 Å². The third kappa shape index (κ3) is 3.42. The lowest BCUT2D eigenvalue weighted by molar-refractivity contribution is 0.429. The highest BCUT2D eigenvalue weighted by Crippen LogP contribution is 2.20. The van der Waals surface area contributed by atoms with Gasteiger partial charge < -0.3 is 5.32 Å². The van der Waals surface area contributed by atoms with E-state index in [1.807, 2.05) is 0 Å². The van der Waals surface area contributed by atoms with Crippen molar-refractivity contribution in [3.05, 3.63) is 17.0 Å². The Hall–Kier alpha value is -0.610. The van der Waals surface area contributed by atoms with E-state index in [1.165, 1.54) is 24.8 Å². The van der Waals surface area contributed by atoms with E-state index in [0.29, 0.717) is 6.04 Å². The molecule has 1 unspecified atom stereocenters. The second-order valence-corrected chi connectivity index (χ2v) is 5.75. The summed E-state index contributed by atoms with van der Waals surface area (Å²) in [5.74, 6) is 1.09. The maximum Gasteiger partial charge on any atom is 0.188 e. The van der Waals surface area contributed by atoms with Gasteiger partial charge in [0, 0.05) is 23.2 Å². The van der Waals surface area contributed by atoms with Crippen molar-refractivity contribution in [3.63, 3.8) is 0 Å². The molecule has 1 aliphatic heterocycles. The molecule has 1 N–H and O–H groups in total. The van der Waals surface area contributed by atoms with Gasteiger partial charge in [0.15, 0.2) is 5.16 Å². The topological polar surface area (TPSA) is 37.8 Å². The summed E-state index contributed by atoms with van der Waals surface area (Å²) in [6.45, 7) is 7.37. The maximum absolute atomic E-state index is 4.54. The van der Waals surface area contributed by atoms with Crippen molar-refractivity contribution in [1.82, 2.24) is 15.3 Å². The Morgan fingerprint density at radius 2 is 1.88 bits per heavy atom. The molecular formula is C13H21N3S. The molecule has 17 heavy (non-hydrogen) atoms. The number of aryl methyl sites for hydroxylation is 2. The lowest BCUT2D eigenvalue weighted by atomic mass is 10.1. The molecule has 0 aliphatic carbocycles. The quantitative estimate of drug-likeness (QED) is 0.662. The number of hydrogen-bond acceptors (Lipinski definition) is 4. The van der Waals surface area contributed by atoms with Crippen molar-refractivity contribution < 1.29 is 0 Å². The van der Waals surface area contributed by atoms with Gasteiger partial charge in [0.2, 0.25) is 0 Å². The van der Waals surface area contributed by atoms with Crippen LogP contribution in [-0.4, -0.2) is 28.3 Å². The molecule has 1 saturated heterocycles. The summed E-state index contributed by atoms with van der Waals surface area (Å²) in [6.07, 6.45) is 3.96. The molecule has 0 amide bonds. The lowest BCUT2D eigenvalue weighted by Crippen LogP contribution is -2.35. The van der Waals surface area contributed by atoms with Crippen molar-refractivity contribution in [1.29, 1.82) is 0 Å². The van der Waals surface area contributed by atoms with Crippen LogP contribution in [-0.2, 0) is 0 Å². The van der Waals surface area contributed by atoms with E-state index in [2.05, 4.69) is 36.1 Å². The largest absolute Gasteiger partial charge is 0.313 e. The normalized spacial score (nSPS) is 20.5. The first-order valence-corrected chi connectivity index (χ1v) is 7.33. The van der Waals surface area contributed by atoms with Crippen LogP contribution in [0.4, 0.5) is 0 Å². The third-order valence-electron chi connectivity index (χ3n) is 3.44. The summed E-state index contributed by atoms with van der Waals surface area (Å²) in [5, 5.41) is 4.48. The summed E-state index contributed by atoms with van der Waals surface area (Å²) in [4.78, 5) is 9.08. The van der Waals surface area contributed by atoms with E-state index in [-0.39, 0.29) is 0 Å². The minimum atomic E-state index is 0.638. The Bertz CT molecular complexity index is 363. The van der Waals surface area contributed by atoms with Crippen LogP contribution in [0, 0.1) is 20.8 Å². The minimum absolute atomic E-state index is 0.638. The van der Waals surface area contributed by atoms with E-state index >= 15 is 0 Å². The predicted octanol–water partition coefficient (Wildman–Crippen LogP) is 2.64. The van der Waals surface area contributed by atoms with Gasteiger partial charge in [-0.2, -0.15) is 0 Å². The molecular weight excluding hydrogens is 230 g/mol. The smallest absolute Gasteiger partial charge is 0.188 e.